The zero-order valence-corrected chi connectivity index (χ0v) is 10.5. The monoisotopic (exact) mass is 260 g/mol. The molecule has 3 heterocycles. The largest absolute Gasteiger partial charge is 0.393 e. The van der Waals surface area contributed by atoms with Crippen molar-refractivity contribution in [3.63, 3.8) is 0 Å². The van der Waals surface area contributed by atoms with Gasteiger partial charge < -0.3 is 10.0 Å². The Morgan fingerprint density at radius 1 is 1.37 bits per heavy atom. The molecule has 0 saturated carbocycles. The van der Waals surface area contributed by atoms with Crippen molar-refractivity contribution in [1.29, 1.82) is 0 Å². The van der Waals surface area contributed by atoms with Gasteiger partial charge >= 0.3 is 0 Å². The predicted octanol–water partition coefficient (Wildman–Crippen LogP) is 0.945. The van der Waals surface area contributed by atoms with Crippen molar-refractivity contribution in [2.24, 2.45) is 0 Å². The van der Waals surface area contributed by atoms with E-state index in [4.69, 9.17) is 0 Å². The zero-order valence-electron chi connectivity index (χ0n) is 10.5. The molecule has 0 bridgehead atoms. The fourth-order valence-corrected chi connectivity index (χ4v) is 2.40. The number of fused-ring (bicyclic) bond motifs is 1. The summed E-state index contributed by atoms with van der Waals surface area (Å²) < 4.78 is 0. The summed E-state index contributed by atoms with van der Waals surface area (Å²) in [7, 11) is 0. The van der Waals surface area contributed by atoms with Crippen molar-refractivity contribution in [2.45, 2.75) is 25.4 Å². The molecule has 1 atom stereocenters. The van der Waals surface area contributed by atoms with Crippen LogP contribution in [0.3, 0.4) is 0 Å². The van der Waals surface area contributed by atoms with Crippen molar-refractivity contribution < 1.29 is 9.90 Å². The summed E-state index contributed by atoms with van der Waals surface area (Å²) in [6.07, 6.45) is 5.27. The number of aromatic amines is 1. The molecule has 2 aromatic rings. The Hall–Kier alpha value is -1.95. The average Bonchev–Trinajstić information content (AvgIpc) is 2.78. The van der Waals surface area contributed by atoms with Gasteiger partial charge in [-0.15, -0.1) is 0 Å². The molecule has 1 amide bonds. The van der Waals surface area contributed by atoms with E-state index in [0.29, 0.717) is 25.2 Å². The maximum absolute atomic E-state index is 12.4. The van der Waals surface area contributed by atoms with Crippen LogP contribution >= 0.6 is 0 Å². The Labute approximate surface area is 110 Å². The molecule has 0 aliphatic carbocycles. The van der Waals surface area contributed by atoms with Gasteiger partial charge in [0.15, 0.2) is 0 Å². The van der Waals surface area contributed by atoms with E-state index < -0.39 is 0 Å². The number of rotatable bonds is 1. The highest BCUT2D eigenvalue weighted by atomic mass is 16.3. The lowest BCUT2D eigenvalue weighted by molar-refractivity contribution is 0.0747. The van der Waals surface area contributed by atoms with Gasteiger partial charge in [-0.3, -0.25) is 14.9 Å². The van der Waals surface area contributed by atoms with Crippen LogP contribution in [0.4, 0.5) is 0 Å². The summed E-state index contributed by atoms with van der Waals surface area (Å²) in [4.78, 5) is 18.3. The standard InChI is InChI=1S/C13H16N4O2/c18-10-2-1-4-17(5-3-10)13(19)12-6-11-9(7-14-12)8-15-16-11/h6-8,10,18H,1-5H2,(H,15,16). The van der Waals surface area contributed by atoms with Crippen LogP contribution in [0.5, 0.6) is 0 Å². The number of aromatic nitrogens is 3. The van der Waals surface area contributed by atoms with Crippen molar-refractivity contribution in [3.8, 4) is 0 Å². The minimum atomic E-state index is -0.291. The summed E-state index contributed by atoms with van der Waals surface area (Å²) >= 11 is 0. The van der Waals surface area contributed by atoms with Gasteiger partial charge in [-0.25, -0.2) is 0 Å². The molecule has 1 saturated heterocycles. The van der Waals surface area contributed by atoms with E-state index in [-0.39, 0.29) is 12.0 Å². The number of carbonyl (C=O) groups is 1. The summed E-state index contributed by atoms with van der Waals surface area (Å²) in [5, 5.41) is 17.3. The molecule has 6 heteroatoms. The predicted molar refractivity (Wildman–Crippen MR) is 69.7 cm³/mol. The lowest BCUT2D eigenvalue weighted by Crippen LogP contribution is -2.32. The van der Waals surface area contributed by atoms with Crippen LogP contribution < -0.4 is 0 Å². The minimum absolute atomic E-state index is 0.0781. The fourth-order valence-electron chi connectivity index (χ4n) is 2.40. The van der Waals surface area contributed by atoms with Gasteiger partial charge in [0, 0.05) is 24.7 Å². The highest BCUT2D eigenvalue weighted by Crippen LogP contribution is 2.15. The molecule has 2 N–H and O–H groups in total. The number of carbonyl (C=O) groups excluding carboxylic acids is 1. The molecule has 0 radical (unpaired) electrons. The number of nitrogens with zero attached hydrogens (tertiary/aromatic N) is 3. The van der Waals surface area contributed by atoms with Crippen molar-refractivity contribution in [3.05, 3.63) is 24.2 Å². The number of likely N-dealkylation sites (tertiary alicyclic amines) is 1. The Kier molecular flexibility index (Phi) is 3.16. The number of amides is 1. The Balaban J connectivity index is 1.82. The van der Waals surface area contributed by atoms with Gasteiger partial charge in [-0.05, 0) is 25.3 Å². The van der Waals surface area contributed by atoms with Crippen LogP contribution in [0, 0.1) is 0 Å². The lowest BCUT2D eigenvalue weighted by Gasteiger charge is -2.19. The van der Waals surface area contributed by atoms with Crippen molar-refractivity contribution in [2.75, 3.05) is 13.1 Å². The number of hydrogen-bond acceptors (Lipinski definition) is 4. The second kappa shape index (κ2) is 4.97. The van der Waals surface area contributed by atoms with Gasteiger partial charge in [0.25, 0.3) is 5.91 Å². The molecule has 0 aromatic carbocycles. The number of aliphatic hydroxyl groups excluding tert-OH is 1. The highest BCUT2D eigenvalue weighted by molar-refractivity contribution is 5.95. The Morgan fingerprint density at radius 3 is 3.16 bits per heavy atom. The van der Waals surface area contributed by atoms with Gasteiger partial charge in [0.1, 0.15) is 5.69 Å². The molecule has 0 spiro atoms. The van der Waals surface area contributed by atoms with E-state index >= 15 is 0 Å². The second-order valence-corrected chi connectivity index (χ2v) is 4.90. The van der Waals surface area contributed by atoms with E-state index in [9.17, 15) is 9.90 Å². The van der Waals surface area contributed by atoms with Crippen molar-refractivity contribution in [1.82, 2.24) is 20.1 Å². The number of hydrogen-bond donors (Lipinski definition) is 2. The second-order valence-electron chi connectivity index (χ2n) is 4.90. The summed E-state index contributed by atoms with van der Waals surface area (Å²) in [6, 6.07) is 1.73. The summed E-state index contributed by atoms with van der Waals surface area (Å²) in [6.45, 7) is 1.27. The van der Waals surface area contributed by atoms with Gasteiger partial charge in [-0.1, -0.05) is 0 Å². The third kappa shape index (κ3) is 2.44. The van der Waals surface area contributed by atoms with Crippen LogP contribution in [-0.2, 0) is 0 Å². The first-order valence-electron chi connectivity index (χ1n) is 6.50. The fraction of sp³-hybridized carbons (Fsp3) is 0.462. The first-order chi connectivity index (χ1) is 9.24. The first-order valence-corrected chi connectivity index (χ1v) is 6.50. The van der Waals surface area contributed by atoms with Gasteiger partial charge in [-0.2, -0.15) is 5.10 Å². The van der Waals surface area contributed by atoms with E-state index in [1.54, 1.807) is 23.4 Å². The molecular formula is C13H16N4O2. The molecule has 1 fully saturated rings. The Morgan fingerprint density at radius 2 is 2.26 bits per heavy atom. The molecule has 1 aliphatic rings. The van der Waals surface area contributed by atoms with Gasteiger partial charge in [0.2, 0.25) is 0 Å². The minimum Gasteiger partial charge on any atom is -0.393 e. The first kappa shape index (κ1) is 12.1. The van der Waals surface area contributed by atoms with Crippen LogP contribution in [0.25, 0.3) is 10.9 Å². The quantitative estimate of drug-likeness (QED) is 0.799. The highest BCUT2D eigenvalue weighted by Gasteiger charge is 2.21. The van der Waals surface area contributed by atoms with Crippen molar-refractivity contribution >= 4 is 16.8 Å². The number of aliphatic hydroxyl groups is 1. The number of pyridine rings is 1. The molecule has 2 aromatic heterocycles. The van der Waals surface area contributed by atoms with Gasteiger partial charge in [0.05, 0.1) is 17.8 Å². The normalized spacial score (nSPS) is 20.5. The molecular weight excluding hydrogens is 244 g/mol. The number of H-pyrrole nitrogens is 1. The van der Waals surface area contributed by atoms with Crippen LogP contribution in [0.15, 0.2) is 18.5 Å². The third-order valence-electron chi connectivity index (χ3n) is 3.53. The SMILES string of the molecule is O=C(c1cc2[nH]ncc2cn1)N1CCCC(O)CC1. The van der Waals surface area contributed by atoms with E-state index in [1.807, 2.05) is 0 Å². The molecule has 1 aliphatic heterocycles. The van der Waals surface area contributed by atoms with Crippen LogP contribution in [0.2, 0.25) is 0 Å². The maximum atomic E-state index is 12.4. The topological polar surface area (TPSA) is 82.1 Å². The van der Waals surface area contributed by atoms with E-state index in [1.165, 1.54) is 0 Å². The van der Waals surface area contributed by atoms with Crippen LogP contribution in [-0.4, -0.2) is 50.3 Å². The number of nitrogens with one attached hydrogen (secondary N) is 1. The van der Waals surface area contributed by atoms with E-state index in [0.717, 1.165) is 23.7 Å². The molecule has 6 nitrogen and oxygen atoms in total. The molecule has 19 heavy (non-hydrogen) atoms. The van der Waals surface area contributed by atoms with E-state index in [2.05, 4.69) is 15.2 Å². The third-order valence-corrected chi connectivity index (χ3v) is 3.53. The summed E-state index contributed by atoms with van der Waals surface area (Å²) in [5.74, 6) is -0.0781. The molecule has 1 unspecified atom stereocenters. The zero-order chi connectivity index (χ0) is 13.2. The average molecular weight is 260 g/mol. The summed E-state index contributed by atoms with van der Waals surface area (Å²) in [5.41, 5.74) is 1.24. The smallest absolute Gasteiger partial charge is 0.272 e. The molecule has 3 rings (SSSR count). The van der Waals surface area contributed by atoms with Crippen LogP contribution in [0.1, 0.15) is 29.8 Å². The molecule has 100 valence electrons. The lowest BCUT2D eigenvalue weighted by atomic mass is 10.2. The maximum Gasteiger partial charge on any atom is 0.272 e. The Bertz CT molecular complexity index is 595.